The number of nitriles is 1. The van der Waals surface area contributed by atoms with Gasteiger partial charge in [0, 0.05) is 6.54 Å². The average molecular weight is 168 g/mol. The largest absolute Gasteiger partial charge is 0.282 e. The fourth-order valence-corrected chi connectivity index (χ4v) is 1.86. The minimum Gasteiger partial charge on any atom is -0.282 e. The summed E-state index contributed by atoms with van der Waals surface area (Å²) in [7, 11) is 8.08. The summed E-state index contributed by atoms with van der Waals surface area (Å²) in [5, 5.41) is 8.82. The van der Waals surface area contributed by atoms with E-state index in [-0.39, 0.29) is 12.3 Å². The zero-order valence-electron chi connectivity index (χ0n) is 8.15. The lowest BCUT2D eigenvalue weighted by atomic mass is 10.3. The molecule has 4 heteroatoms. The first-order valence-electron chi connectivity index (χ1n) is 4.06. The van der Waals surface area contributed by atoms with Crippen LogP contribution >= 0.6 is 0 Å². The molecular weight excluding hydrogens is 152 g/mol. The Morgan fingerprint density at radius 2 is 2.00 bits per heavy atom. The SMILES string of the molecule is CN(C)C1N(C)CC(C#N)N1C. The quantitative estimate of drug-likeness (QED) is 0.533. The lowest BCUT2D eigenvalue weighted by molar-refractivity contribution is 0.0429. The van der Waals surface area contributed by atoms with E-state index in [0.717, 1.165) is 6.54 Å². The minimum absolute atomic E-state index is 0.0300. The van der Waals surface area contributed by atoms with E-state index in [1.807, 2.05) is 28.2 Å². The lowest BCUT2D eigenvalue weighted by Gasteiger charge is -2.31. The van der Waals surface area contributed by atoms with Gasteiger partial charge in [-0.05, 0) is 28.2 Å². The molecule has 1 rings (SSSR count). The molecule has 0 spiro atoms. The molecular formula is C8H16N4. The van der Waals surface area contributed by atoms with Gasteiger partial charge in [-0.25, -0.2) is 0 Å². The first-order valence-corrected chi connectivity index (χ1v) is 4.06. The van der Waals surface area contributed by atoms with E-state index in [1.165, 1.54) is 0 Å². The molecule has 1 saturated heterocycles. The van der Waals surface area contributed by atoms with Crippen LogP contribution in [-0.2, 0) is 0 Å². The van der Waals surface area contributed by atoms with Gasteiger partial charge in [0.2, 0.25) is 0 Å². The Hall–Kier alpha value is -0.630. The molecule has 1 aliphatic heterocycles. The Labute approximate surface area is 74.0 Å². The van der Waals surface area contributed by atoms with Crippen LogP contribution in [0.15, 0.2) is 0 Å². The Morgan fingerprint density at radius 3 is 2.25 bits per heavy atom. The first-order chi connectivity index (χ1) is 5.57. The molecule has 0 bridgehead atoms. The summed E-state index contributed by atoms with van der Waals surface area (Å²) in [6.07, 6.45) is 0.259. The van der Waals surface area contributed by atoms with Gasteiger partial charge in [0.05, 0.1) is 6.07 Å². The maximum atomic E-state index is 8.82. The number of hydrogen-bond acceptors (Lipinski definition) is 4. The fraction of sp³-hybridized carbons (Fsp3) is 0.875. The zero-order valence-corrected chi connectivity index (χ0v) is 8.15. The summed E-state index contributed by atoms with van der Waals surface area (Å²) in [6.45, 7) is 0.829. The molecule has 0 aromatic rings. The van der Waals surface area contributed by atoms with Crippen LogP contribution in [0, 0.1) is 11.3 Å². The molecule has 1 fully saturated rings. The summed E-state index contributed by atoms with van der Waals surface area (Å²) in [5.41, 5.74) is 0. The molecule has 0 aliphatic carbocycles. The average Bonchev–Trinajstić information content (AvgIpc) is 2.25. The molecule has 12 heavy (non-hydrogen) atoms. The summed E-state index contributed by atoms with van der Waals surface area (Å²) in [6, 6.07) is 2.32. The molecule has 4 nitrogen and oxygen atoms in total. The molecule has 68 valence electrons. The monoisotopic (exact) mass is 168 g/mol. The number of likely N-dealkylation sites (N-methyl/N-ethyl adjacent to an activating group) is 2. The van der Waals surface area contributed by atoms with Crippen molar-refractivity contribution in [1.29, 1.82) is 5.26 Å². The molecule has 1 heterocycles. The highest BCUT2D eigenvalue weighted by Crippen LogP contribution is 2.17. The van der Waals surface area contributed by atoms with E-state index >= 15 is 0 Å². The highest BCUT2D eigenvalue weighted by molar-refractivity contribution is 4.99. The third-order valence-electron chi connectivity index (χ3n) is 2.32. The maximum absolute atomic E-state index is 8.82. The smallest absolute Gasteiger partial charge is 0.119 e. The van der Waals surface area contributed by atoms with Gasteiger partial charge < -0.3 is 0 Å². The Morgan fingerprint density at radius 1 is 1.42 bits per heavy atom. The fourth-order valence-electron chi connectivity index (χ4n) is 1.86. The number of rotatable bonds is 1. The second-order valence-electron chi connectivity index (χ2n) is 3.56. The highest BCUT2D eigenvalue weighted by Gasteiger charge is 2.35. The predicted molar refractivity (Wildman–Crippen MR) is 47.3 cm³/mol. The van der Waals surface area contributed by atoms with E-state index in [1.54, 1.807) is 0 Å². The van der Waals surface area contributed by atoms with Crippen LogP contribution in [0.2, 0.25) is 0 Å². The van der Waals surface area contributed by atoms with Crippen LogP contribution in [0.5, 0.6) is 0 Å². The van der Waals surface area contributed by atoms with Crippen molar-refractivity contribution in [3.05, 3.63) is 0 Å². The van der Waals surface area contributed by atoms with Gasteiger partial charge in [0.1, 0.15) is 12.3 Å². The van der Waals surface area contributed by atoms with Gasteiger partial charge >= 0.3 is 0 Å². The molecule has 0 aromatic carbocycles. The number of hydrogen-bond donors (Lipinski definition) is 0. The van der Waals surface area contributed by atoms with Crippen LogP contribution < -0.4 is 0 Å². The second-order valence-corrected chi connectivity index (χ2v) is 3.56. The molecule has 2 atom stereocenters. The van der Waals surface area contributed by atoms with Crippen LogP contribution in [0.3, 0.4) is 0 Å². The molecule has 0 amide bonds. The Bertz CT molecular complexity index is 196. The van der Waals surface area contributed by atoms with Gasteiger partial charge in [0.15, 0.2) is 0 Å². The van der Waals surface area contributed by atoms with E-state index in [2.05, 4.69) is 20.8 Å². The maximum Gasteiger partial charge on any atom is 0.119 e. The molecule has 0 aromatic heterocycles. The van der Waals surface area contributed by atoms with E-state index < -0.39 is 0 Å². The van der Waals surface area contributed by atoms with Crippen molar-refractivity contribution in [1.82, 2.24) is 14.7 Å². The van der Waals surface area contributed by atoms with E-state index in [9.17, 15) is 0 Å². The van der Waals surface area contributed by atoms with Crippen molar-refractivity contribution in [2.24, 2.45) is 0 Å². The third-order valence-corrected chi connectivity index (χ3v) is 2.32. The number of nitrogens with zero attached hydrogens (tertiary/aromatic N) is 4. The van der Waals surface area contributed by atoms with Crippen LogP contribution in [0.1, 0.15) is 0 Å². The van der Waals surface area contributed by atoms with Crippen LogP contribution in [-0.4, -0.2) is 61.8 Å². The minimum atomic E-state index is 0.0300. The summed E-state index contributed by atoms with van der Waals surface area (Å²) < 4.78 is 0. The first kappa shape index (κ1) is 9.46. The van der Waals surface area contributed by atoms with E-state index in [4.69, 9.17) is 5.26 Å². The topological polar surface area (TPSA) is 33.5 Å². The van der Waals surface area contributed by atoms with Crippen molar-refractivity contribution in [3.8, 4) is 6.07 Å². The van der Waals surface area contributed by atoms with Gasteiger partial charge in [-0.15, -0.1) is 0 Å². The van der Waals surface area contributed by atoms with Crippen LogP contribution in [0.25, 0.3) is 0 Å². The van der Waals surface area contributed by atoms with Crippen LogP contribution in [0.4, 0.5) is 0 Å². The summed E-state index contributed by atoms with van der Waals surface area (Å²) in [5.74, 6) is 0. The van der Waals surface area contributed by atoms with Crippen molar-refractivity contribution >= 4 is 0 Å². The Balaban J connectivity index is 2.72. The highest BCUT2D eigenvalue weighted by atomic mass is 15.5. The van der Waals surface area contributed by atoms with Crippen molar-refractivity contribution < 1.29 is 0 Å². The lowest BCUT2D eigenvalue weighted by Crippen LogP contribution is -2.46. The normalized spacial score (nSPS) is 32.7. The van der Waals surface area contributed by atoms with Crippen molar-refractivity contribution in [2.45, 2.75) is 12.3 Å². The molecule has 0 radical (unpaired) electrons. The molecule has 0 saturated carbocycles. The molecule has 1 aliphatic rings. The van der Waals surface area contributed by atoms with Gasteiger partial charge in [0.25, 0.3) is 0 Å². The van der Waals surface area contributed by atoms with Gasteiger partial charge in [-0.1, -0.05) is 0 Å². The van der Waals surface area contributed by atoms with Gasteiger partial charge in [-0.2, -0.15) is 5.26 Å². The van der Waals surface area contributed by atoms with Crippen molar-refractivity contribution in [2.75, 3.05) is 34.7 Å². The van der Waals surface area contributed by atoms with Gasteiger partial charge in [-0.3, -0.25) is 14.7 Å². The molecule has 2 unspecified atom stereocenters. The third kappa shape index (κ3) is 1.44. The standard InChI is InChI=1S/C8H16N4/c1-10(2)8-11(3)6-7(5-9)12(8)4/h7-8H,6H2,1-4H3. The summed E-state index contributed by atoms with van der Waals surface area (Å²) in [4.78, 5) is 6.37. The Kier molecular flexibility index (Phi) is 2.68. The second kappa shape index (κ2) is 3.40. The zero-order chi connectivity index (χ0) is 9.30. The van der Waals surface area contributed by atoms with E-state index in [0.29, 0.717) is 0 Å². The molecule has 0 N–H and O–H groups in total. The summed E-state index contributed by atoms with van der Waals surface area (Å²) >= 11 is 0. The predicted octanol–water partition coefficient (Wildman–Crippen LogP) is -0.399. The van der Waals surface area contributed by atoms with Crippen molar-refractivity contribution in [3.63, 3.8) is 0 Å².